The molecule has 2 N–H and O–H groups in total. The number of aryl methyl sites for hydroxylation is 2. The van der Waals surface area contributed by atoms with Crippen LogP contribution in [0.3, 0.4) is 0 Å². The van der Waals surface area contributed by atoms with E-state index in [9.17, 15) is 9.59 Å². The number of rotatable bonds is 7. The number of carbonyl (C=O) groups excluding carboxylic acids is 2. The highest BCUT2D eigenvalue weighted by molar-refractivity contribution is 7.99. The quantitative estimate of drug-likeness (QED) is 0.468. The van der Waals surface area contributed by atoms with Gasteiger partial charge in [-0.2, -0.15) is 0 Å². The average molecular weight is 496 g/mol. The van der Waals surface area contributed by atoms with Crippen molar-refractivity contribution in [1.82, 2.24) is 20.1 Å². The maximum absolute atomic E-state index is 13.2. The number of fused-ring (bicyclic) bond motifs is 2. The van der Waals surface area contributed by atoms with E-state index in [1.807, 2.05) is 30.3 Å². The second-order valence-electron chi connectivity index (χ2n) is 8.78. The van der Waals surface area contributed by atoms with Crippen molar-refractivity contribution >= 4 is 39.9 Å². The smallest absolute Gasteiger partial charge is 0.254 e. The fourth-order valence-electron chi connectivity index (χ4n) is 4.62. The topological polar surface area (TPSA) is 88.9 Å². The van der Waals surface area contributed by atoms with E-state index < -0.39 is 0 Å². The number of nitrogens with zero attached hydrogens (tertiary/aromatic N) is 3. The molecular weight excluding hydrogens is 466 g/mol. The van der Waals surface area contributed by atoms with Crippen molar-refractivity contribution in [3.63, 3.8) is 0 Å². The zero-order valence-electron chi connectivity index (χ0n) is 19.1. The highest BCUT2D eigenvalue weighted by Crippen LogP contribution is 2.38. The van der Waals surface area contributed by atoms with E-state index in [1.165, 1.54) is 23.1 Å². The maximum Gasteiger partial charge on any atom is 0.254 e. The van der Waals surface area contributed by atoms with Gasteiger partial charge in [-0.05, 0) is 49.7 Å². The van der Waals surface area contributed by atoms with Gasteiger partial charge in [0.15, 0.2) is 5.16 Å². The van der Waals surface area contributed by atoms with Crippen LogP contribution in [0.4, 0.5) is 5.00 Å². The van der Waals surface area contributed by atoms with Gasteiger partial charge in [0.1, 0.15) is 10.8 Å². The minimum atomic E-state index is -0.119. The predicted molar refractivity (Wildman–Crippen MR) is 136 cm³/mol. The molecule has 3 heterocycles. The van der Waals surface area contributed by atoms with E-state index in [0.717, 1.165) is 73.6 Å². The van der Waals surface area contributed by atoms with Gasteiger partial charge < -0.3 is 15.2 Å². The number of benzene rings is 1. The van der Waals surface area contributed by atoms with Crippen LogP contribution in [0.25, 0.3) is 0 Å². The molecule has 2 aliphatic rings. The summed E-state index contributed by atoms with van der Waals surface area (Å²) in [5.41, 5.74) is 2.80. The van der Waals surface area contributed by atoms with Crippen LogP contribution >= 0.6 is 23.1 Å². The van der Waals surface area contributed by atoms with Gasteiger partial charge in [-0.15, -0.1) is 21.5 Å². The zero-order chi connectivity index (χ0) is 23.3. The Hall–Kier alpha value is -2.65. The molecule has 3 aromatic rings. The number of hydrogen-bond acceptors (Lipinski definition) is 6. The van der Waals surface area contributed by atoms with Crippen LogP contribution in [0, 0.1) is 0 Å². The lowest BCUT2D eigenvalue weighted by atomic mass is 9.95. The molecule has 5 rings (SSSR count). The fourth-order valence-corrected chi connectivity index (χ4v) is 6.71. The second kappa shape index (κ2) is 10.7. The van der Waals surface area contributed by atoms with Gasteiger partial charge in [0.2, 0.25) is 5.91 Å². The van der Waals surface area contributed by atoms with E-state index >= 15 is 0 Å². The molecule has 1 aromatic carbocycles. The van der Waals surface area contributed by atoms with Gasteiger partial charge >= 0.3 is 0 Å². The van der Waals surface area contributed by atoms with Crippen LogP contribution < -0.4 is 10.6 Å². The minimum absolute atomic E-state index is 0.117. The first kappa shape index (κ1) is 23.1. The first-order valence-electron chi connectivity index (χ1n) is 12.0. The molecule has 0 unspecified atom stereocenters. The number of anilines is 1. The molecule has 0 radical (unpaired) electrons. The predicted octanol–water partition coefficient (Wildman–Crippen LogP) is 4.61. The molecule has 0 saturated heterocycles. The molecular formula is C25H29N5O2S2. The molecule has 0 fully saturated rings. The highest BCUT2D eigenvalue weighted by Gasteiger charge is 2.26. The summed E-state index contributed by atoms with van der Waals surface area (Å²) in [4.78, 5) is 27.3. The average Bonchev–Trinajstić information content (AvgIpc) is 3.33. The lowest BCUT2D eigenvalue weighted by Gasteiger charge is -2.13. The maximum atomic E-state index is 13.2. The van der Waals surface area contributed by atoms with Crippen molar-refractivity contribution in [2.75, 3.05) is 11.1 Å². The molecule has 1 aliphatic carbocycles. The first-order valence-corrected chi connectivity index (χ1v) is 13.8. The van der Waals surface area contributed by atoms with E-state index in [2.05, 4.69) is 25.4 Å². The summed E-state index contributed by atoms with van der Waals surface area (Å²) in [6, 6.07) is 9.88. The van der Waals surface area contributed by atoms with Crippen LogP contribution in [0.15, 0.2) is 35.5 Å². The van der Waals surface area contributed by atoms with Crippen LogP contribution in [0.2, 0.25) is 0 Å². The Balaban J connectivity index is 1.27. The van der Waals surface area contributed by atoms with E-state index in [0.29, 0.717) is 17.1 Å². The molecule has 9 heteroatoms. The summed E-state index contributed by atoms with van der Waals surface area (Å²) >= 11 is 2.97. The third-order valence-electron chi connectivity index (χ3n) is 6.36. The van der Waals surface area contributed by atoms with E-state index in [1.54, 1.807) is 11.3 Å². The standard InChI is InChI=1S/C25H29N5O2S2/c31-21(16-33-25-29-28-20-13-5-2-8-14-30(20)25)27-24-22(18-11-6-7-12-19(18)34-24)23(32)26-15-17-9-3-1-4-10-17/h1,3-4,9-10H,2,5-8,11-16H2,(H,26,32)(H,27,31). The van der Waals surface area contributed by atoms with E-state index in [-0.39, 0.29) is 17.6 Å². The summed E-state index contributed by atoms with van der Waals surface area (Å²) in [7, 11) is 0. The molecule has 2 aromatic heterocycles. The summed E-state index contributed by atoms with van der Waals surface area (Å²) in [5, 5.41) is 16.2. The lowest BCUT2D eigenvalue weighted by Crippen LogP contribution is -2.25. The van der Waals surface area contributed by atoms with Crippen LogP contribution in [-0.4, -0.2) is 32.3 Å². The van der Waals surface area contributed by atoms with Gasteiger partial charge in [-0.3, -0.25) is 9.59 Å². The summed E-state index contributed by atoms with van der Waals surface area (Å²) in [6.07, 6.45) is 8.46. The van der Waals surface area contributed by atoms with Crippen molar-refractivity contribution in [2.24, 2.45) is 0 Å². The zero-order valence-corrected chi connectivity index (χ0v) is 20.8. The third kappa shape index (κ3) is 5.20. The van der Waals surface area contributed by atoms with Crippen LogP contribution in [-0.2, 0) is 37.1 Å². The fraction of sp³-hybridized carbons (Fsp3) is 0.440. The van der Waals surface area contributed by atoms with Gasteiger partial charge in [-0.1, -0.05) is 48.5 Å². The van der Waals surface area contributed by atoms with Crippen molar-refractivity contribution in [2.45, 2.75) is 69.6 Å². The number of carbonyl (C=O) groups is 2. The van der Waals surface area contributed by atoms with E-state index in [4.69, 9.17) is 0 Å². The highest BCUT2D eigenvalue weighted by atomic mass is 32.2. The minimum Gasteiger partial charge on any atom is -0.348 e. The number of thioether (sulfide) groups is 1. The molecule has 1 aliphatic heterocycles. The van der Waals surface area contributed by atoms with Crippen LogP contribution in [0.5, 0.6) is 0 Å². The van der Waals surface area contributed by atoms with Gasteiger partial charge in [-0.25, -0.2) is 0 Å². The van der Waals surface area contributed by atoms with Gasteiger partial charge in [0.05, 0.1) is 11.3 Å². The number of aromatic nitrogens is 3. The van der Waals surface area contributed by atoms with Gasteiger partial charge in [0.25, 0.3) is 5.91 Å². The third-order valence-corrected chi connectivity index (χ3v) is 8.53. The molecule has 2 amide bonds. The van der Waals surface area contributed by atoms with Crippen molar-refractivity contribution in [3.8, 4) is 0 Å². The molecule has 0 saturated carbocycles. The van der Waals surface area contributed by atoms with Crippen LogP contribution in [0.1, 0.15) is 64.3 Å². The summed E-state index contributed by atoms with van der Waals surface area (Å²) in [5.74, 6) is 1.02. The molecule has 0 atom stereocenters. The SMILES string of the molecule is O=C(CSc1nnc2n1CCCCC2)Nc1sc2c(c1C(=O)NCc1ccccc1)CCCC2. The second-order valence-corrected chi connectivity index (χ2v) is 10.8. The summed E-state index contributed by atoms with van der Waals surface area (Å²) < 4.78 is 2.15. The molecule has 0 spiro atoms. The molecule has 34 heavy (non-hydrogen) atoms. The number of hydrogen-bond donors (Lipinski definition) is 2. The Kier molecular flexibility index (Phi) is 7.30. The Morgan fingerprint density at radius 1 is 1.00 bits per heavy atom. The summed E-state index contributed by atoms with van der Waals surface area (Å²) in [6.45, 7) is 1.38. The largest absolute Gasteiger partial charge is 0.348 e. The number of amides is 2. The Morgan fingerprint density at radius 2 is 1.82 bits per heavy atom. The lowest BCUT2D eigenvalue weighted by molar-refractivity contribution is -0.113. The molecule has 7 nitrogen and oxygen atoms in total. The number of thiophene rings is 1. The Morgan fingerprint density at radius 3 is 2.71 bits per heavy atom. The Bertz CT molecular complexity index is 1170. The van der Waals surface area contributed by atoms with Crippen molar-refractivity contribution in [3.05, 3.63) is 57.7 Å². The first-order chi connectivity index (χ1) is 16.7. The monoisotopic (exact) mass is 495 g/mol. The Labute approximate surface area is 207 Å². The molecule has 0 bridgehead atoms. The van der Waals surface area contributed by atoms with Gasteiger partial charge in [0, 0.05) is 24.4 Å². The molecule has 178 valence electrons. The van der Waals surface area contributed by atoms with Crippen molar-refractivity contribution < 1.29 is 9.59 Å². The van der Waals surface area contributed by atoms with Crippen molar-refractivity contribution in [1.29, 1.82) is 0 Å². The normalized spacial score (nSPS) is 15.2. The number of nitrogens with one attached hydrogen (secondary N) is 2.